The Morgan fingerprint density at radius 2 is 1.62 bits per heavy atom. The highest BCUT2D eigenvalue weighted by molar-refractivity contribution is 7.81. The minimum absolute atomic E-state index is 0.240. The van der Waals surface area contributed by atoms with Crippen molar-refractivity contribution in [2.75, 3.05) is 0 Å². The van der Waals surface area contributed by atoms with Gasteiger partial charge in [0.05, 0.1) is 0 Å². The quantitative estimate of drug-likeness (QED) is 0.500. The van der Waals surface area contributed by atoms with Gasteiger partial charge in [0.15, 0.2) is 0 Å². The number of hydrogen-bond acceptors (Lipinski definition) is 2. The van der Waals surface area contributed by atoms with Crippen LogP contribution in [-0.2, 0) is 0 Å². The highest BCUT2D eigenvalue weighted by atomic mass is 35.6. The predicted molar refractivity (Wildman–Crippen MR) is 77.5 cm³/mol. The molecule has 2 nitrogen and oxygen atoms in total. The Kier molecular flexibility index (Phi) is 4.76. The van der Waals surface area contributed by atoms with Crippen molar-refractivity contribution in [3.05, 3.63) is 35.4 Å². The van der Waals surface area contributed by atoms with Crippen molar-refractivity contribution >= 4 is 69.2 Å². The van der Waals surface area contributed by atoms with Crippen LogP contribution in [0.15, 0.2) is 24.3 Å². The molecule has 1 rings (SSSR count). The maximum atomic E-state index is 5.58. The maximum absolute atomic E-state index is 5.58. The third-order valence-corrected chi connectivity index (χ3v) is 2.52. The van der Waals surface area contributed by atoms with Gasteiger partial charge in [0.2, 0.25) is 0 Å². The van der Waals surface area contributed by atoms with Crippen LogP contribution in [0.25, 0.3) is 0 Å². The molecule has 0 amide bonds. The van der Waals surface area contributed by atoms with Gasteiger partial charge < -0.3 is 11.1 Å². The van der Waals surface area contributed by atoms with E-state index in [1.165, 1.54) is 0 Å². The van der Waals surface area contributed by atoms with Crippen molar-refractivity contribution in [3.8, 4) is 0 Å². The monoisotopic (exact) mass is 312 g/mol. The van der Waals surface area contributed by atoms with Crippen LogP contribution in [-0.4, -0.2) is 13.9 Å². The molecule has 0 heterocycles. The molecule has 0 saturated heterocycles. The van der Waals surface area contributed by atoms with Crippen LogP contribution in [0.5, 0.6) is 0 Å². The molecule has 0 radical (unpaired) electrons. The minimum Gasteiger partial charge on any atom is -0.389 e. The first kappa shape index (κ1) is 13.9. The highest BCUT2D eigenvalue weighted by Gasteiger charge is 2.22. The predicted octanol–water partition coefficient (Wildman–Crippen LogP) is 2.91. The van der Waals surface area contributed by atoms with Gasteiger partial charge in [-0.15, -0.1) is 0 Å². The molecule has 0 unspecified atom stereocenters. The first-order valence-corrected chi connectivity index (χ1v) is 6.04. The Morgan fingerprint density at radius 3 is 2.06 bits per heavy atom. The standard InChI is InChI=1S/C9H7Cl3N2S2/c10-9(11,12)14-8(16)6-4-2-1-3-5(6)7(13)15/h1-4H,(H2,13,15)(H,14,16). The summed E-state index contributed by atoms with van der Waals surface area (Å²) in [6.07, 6.45) is 0. The summed E-state index contributed by atoms with van der Waals surface area (Å²) in [5, 5.41) is 2.54. The molecule has 0 spiro atoms. The largest absolute Gasteiger partial charge is 0.389 e. The first-order chi connectivity index (χ1) is 7.31. The fourth-order valence-electron chi connectivity index (χ4n) is 1.09. The summed E-state index contributed by atoms with van der Waals surface area (Å²) in [4.78, 5) is 0.521. The van der Waals surface area contributed by atoms with Crippen LogP contribution >= 0.6 is 59.2 Å². The number of nitrogens with one attached hydrogen (secondary N) is 1. The van der Waals surface area contributed by atoms with Gasteiger partial charge in [0.25, 0.3) is 3.92 Å². The molecular weight excluding hydrogens is 307 g/mol. The Labute approximate surface area is 119 Å². The second-order valence-electron chi connectivity index (χ2n) is 2.86. The number of thiocarbonyl (C=S) groups is 2. The fraction of sp³-hybridized carbons (Fsp3) is 0.111. The van der Waals surface area contributed by atoms with Gasteiger partial charge in [-0.1, -0.05) is 83.5 Å². The third-order valence-electron chi connectivity index (χ3n) is 1.69. The normalized spacial score (nSPS) is 10.9. The zero-order valence-electron chi connectivity index (χ0n) is 7.84. The summed E-state index contributed by atoms with van der Waals surface area (Å²) in [5.74, 6) is 0. The topological polar surface area (TPSA) is 38.0 Å². The summed E-state index contributed by atoms with van der Waals surface area (Å²) >= 11 is 26.7. The first-order valence-electron chi connectivity index (χ1n) is 4.09. The molecule has 0 aliphatic rings. The molecule has 1 aromatic carbocycles. The SMILES string of the molecule is NC(=S)c1ccccc1C(=S)NC(Cl)(Cl)Cl. The summed E-state index contributed by atoms with van der Waals surface area (Å²) in [7, 11) is 0. The van der Waals surface area contributed by atoms with Crippen LogP contribution in [0.4, 0.5) is 0 Å². The number of halogens is 3. The lowest BCUT2D eigenvalue weighted by Gasteiger charge is -2.17. The summed E-state index contributed by atoms with van der Waals surface area (Å²) in [5.41, 5.74) is 6.84. The average molecular weight is 314 g/mol. The molecule has 7 heteroatoms. The smallest absolute Gasteiger partial charge is 0.266 e. The van der Waals surface area contributed by atoms with Gasteiger partial charge in [-0.05, 0) is 0 Å². The molecule has 0 aliphatic carbocycles. The molecular formula is C9H7Cl3N2S2. The van der Waals surface area contributed by atoms with Gasteiger partial charge in [0.1, 0.15) is 9.98 Å². The molecule has 0 aliphatic heterocycles. The molecule has 0 atom stereocenters. The van der Waals surface area contributed by atoms with Gasteiger partial charge >= 0.3 is 0 Å². The van der Waals surface area contributed by atoms with E-state index >= 15 is 0 Å². The van der Waals surface area contributed by atoms with Crippen molar-refractivity contribution in [2.45, 2.75) is 3.92 Å². The van der Waals surface area contributed by atoms with Crippen LogP contribution in [0.2, 0.25) is 0 Å². The Balaban J connectivity index is 3.04. The second-order valence-corrected chi connectivity index (χ2v) is 5.99. The van der Waals surface area contributed by atoms with Gasteiger partial charge in [-0.25, -0.2) is 0 Å². The summed E-state index contributed by atoms with van der Waals surface area (Å²) < 4.78 is -1.65. The lowest BCUT2D eigenvalue weighted by Crippen LogP contribution is -2.35. The van der Waals surface area contributed by atoms with E-state index in [9.17, 15) is 0 Å². The minimum atomic E-state index is -1.65. The van der Waals surface area contributed by atoms with Crippen molar-refractivity contribution in [1.82, 2.24) is 5.32 Å². The van der Waals surface area contributed by atoms with E-state index in [0.717, 1.165) is 0 Å². The van der Waals surface area contributed by atoms with E-state index < -0.39 is 3.92 Å². The lowest BCUT2D eigenvalue weighted by atomic mass is 10.1. The zero-order valence-corrected chi connectivity index (χ0v) is 11.7. The number of hydrogen-bond donors (Lipinski definition) is 2. The average Bonchev–Trinajstić information content (AvgIpc) is 2.15. The van der Waals surface area contributed by atoms with Crippen LogP contribution in [0, 0.1) is 0 Å². The van der Waals surface area contributed by atoms with E-state index in [1.807, 2.05) is 0 Å². The maximum Gasteiger partial charge on any atom is 0.266 e. The highest BCUT2D eigenvalue weighted by Crippen LogP contribution is 2.23. The van der Waals surface area contributed by atoms with E-state index in [1.54, 1.807) is 24.3 Å². The van der Waals surface area contributed by atoms with Crippen LogP contribution in [0.3, 0.4) is 0 Å². The van der Waals surface area contributed by atoms with Gasteiger partial charge in [0, 0.05) is 11.1 Å². The molecule has 0 fully saturated rings. The van der Waals surface area contributed by atoms with Crippen molar-refractivity contribution in [2.24, 2.45) is 5.73 Å². The molecule has 16 heavy (non-hydrogen) atoms. The molecule has 3 N–H and O–H groups in total. The zero-order chi connectivity index (χ0) is 12.3. The van der Waals surface area contributed by atoms with E-state index in [2.05, 4.69) is 5.32 Å². The van der Waals surface area contributed by atoms with Gasteiger partial charge in [-0.3, -0.25) is 0 Å². The number of benzene rings is 1. The molecule has 86 valence electrons. The molecule has 0 bridgehead atoms. The summed E-state index contributed by atoms with van der Waals surface area (Å²) in [6, 6.07) is 7.10. The van der Waals surface area contributed by atoms with E-state index in [4.69, 9.17) is 65.0 Å². The van der Waals surface area contributed by atoms with Gasteiger partial charge in [-0.2, -0.15) is 0 Å². The molecule has 0 saturated carbocycles. The molecule has 1 aromatic rings. The lowest BCUT2D eigenvalue weighted by molar-refractivity contribution is 0.990. The Bertz CT molecular complexity index is 429. The van der Waals surface area contributed by atoms with E-state index in [-0.39, 0.29) is 9.98 Å². The van der Waals surface area contributed by atoms with Crippen LogP contribution in [0.1, 0.15) is 11.1 Å². The fourth-order valence-corrected chi connectivity index (χ4v) is 2.05. The number of rotatable bonds is 2. The second kappa shape index (κ2) is 5.47. The molecule has 0 aromatic heterocycles. The third kappa shape index (κ3) is 4.03. The van der Waals surface area contributed by atoms with E-state index in [0.29, 0.717) is 11.1 Å². The number of alkyl halides is 3. The van der Waals surface area contributed by atoms with Crippen molar-refractivity contribution < 1.29 is 0 Å². The Morgan fingerprint density at radius 1 is 1.12 bits per heavy atom. The Hall–Kier alpha value is -0.130. The van der Waals surface area contributed by atoms with Crippen LogP contribution < -0.4 is 11.1 Å². The van der Waals surface area contributed by atoms with Crippen molar-refractivity contribution in [1.29, 1.82) is 0 Å². The summed E-state index contributed by atoms with van der Waals surface area (Å²) in [6.45, 7) is 0. The number of nitrogens with two attached hydrogens (primary N) is 1. The van der Waals surface area contributed by atoms with Crippen molar-refractivity contribution in [3.63, 3.8) is 0 Å².